The van der Waals surface area contributed by atoms with Crippen molar-refractivity contribution in [1.29, 1.82) is 0 Å². The van der Waals surface area contributed by atoms with Gasteiger partial charge in [0, 0.05) is 6.07 Å². The highest BCUT2D eigenvalue weighted by atomic mass is 16.5. The molecule has 1 aliphatic heterocycles. The van der Waals surface area contributed by atoms with Crippen LogP contribution in [-0.2, 0) is 0 Å². The zero-order chi connectivity index (χ0) is 18.4. The van der Waals surface area contributed by atoms with Crippen molar-refractivity contribution in [3.63, 3.8) is 0 Å². The Kier molecular flexibility index (Phi) is 3.80. The molecular weight excluding hydrogens is 332 g/mol. The van der Waals surface area contributed by atoms with E-state index in [2.05, 4.69) is 0 Å². The molecule has 0 radical (unpaired) electrons. The fraction of sp³-hybridized carbons (Fsp3) is 0.238. The van der Waals surface area contributed by atoms with E-state index in [0.717, 1.165) is 22.4 Å². The van der Waals surface area contributed by atoms with E-state index < -0.39 is 11.7 Å². The lowest BCUT2D eigenvalue weighted by Crippen LogP contribution is -2.22. The van der Waals surface area contributed by atoms with Crippen molar-refractivity contribution in [1.82, 2.24) is 0 Å². The average molecular weight is 350 g/mol. The number of benzene rings is 2. The number of ether oxygens (including phenoxy) is 2. The summed E-state index contributed by atoms with van der Waals surface area (Å²) in [5.74, 6) is 1.27. The zero-order valence-corrected chi connectivity index (χ0v) is 14.8. The van der Waals surface area contributed by atoms with Crippen molar-refractivity contribution >= 4 is 16.8 Å². The molecule has 0 spiro atoms. The Bertz CT molecular complexity index is 1080. The molecule has 2 heterocycles. The minimum Gasteiger partial charge on any atom is -0.497 e. The van der Waals surface area contributed by atoms with Crippen molar-refractivity contribution in [3.8, 4) is 11.5 Å². The first-order valence-electron chi connectivity index (χ1n) is 8.40. The smallest absolute Gasteiger partial charge is 0.336 e. The first-order valence-corrected chi connectivity index (χ1v) is 8.40. The summed E-state index contributed by atoms with van der Waals surface area (Å²) in [6, 6.07) is 10.6. The van der Waals surface area contributed by atoms with Crippen LogP contribution in [0.2, 0.25) is 0 Å². The minimum absolute atomic E-state index is 0.0251. The van der Waals surface area contributed by atoms with Crippen LogP contribution < -0.4 is 15.1 Å². The van der Waals surface area contributed by atoms with E-state index in [1.54, 1.807) is 13.2 Å². The van der Waals surface area contributed by atoms with E-state index in [1.807, 2.05) is 38.1 Å². The molecule has 2 aromatic carbocycles. The van der Waals surface area contributed by atoms with Crippen LogP contribution in [0.5, 0.6) is 11.5 Å². The largest absolute Gasteiger partial charge is 0.497 e. The van der Waals surface area contributed by atoms with E-state index >= 15 is 0 Å². The summed E-state index contributed by atoms with van der Waals surface area (Å²) in [6.07, 6.45) is -0.126. The van der Waals surface area contributed by atoms with E-state index in [1.165, 1.54) is 6.07 Å². The van der Waals surface area contributed by atoms with Crippen LogP contribution in [0.3, 0.4) is 0 Å². The number of ketones is 1. The molecule has 132 valence electrons. The highest BCUT2D eigenvalue weighted by Crippen LogP contribution is 2.42. The molecule has 1 aromatic heterocycles. The van der Waals surface area contributed by atoms with Gasteiger partial charge in [0.15, 0.2) is 5.78 Å². The molecule has 5 heteroatoms. The lowest BCUT2D eigenvalue weighted by molar-refractivity contribution is 0.0852. The number of methoxy groups -OCH3 is 1. The molecule has 0 saturated carbocycles. The molecule has 4 rings (SSSR count). The molecule has 1 unspecified atom stereocenters. The van der Waals surface area contributed by atoms with Crippen LogP contribution in [0.25, 0.3) is 11.0 Å². The van der Waals surface area contributed by atoms with Gasteiger partial charge in [0.25, 0.3) is 0 Å². The number of hydrogen-bond acceptors (Lipinski definition) is 5. The number of fused-ring (bicyclic) bond motifs is 3. The molecular formula is C21H18O5. The predicted octanol–water partition coefficient (Wildman–Crippen LogP) is 4.12. The van der Waals surface area contributed by atoms with Crippen molar-refractivity contribution < 1.29 is 18.7 Å². The molecule has 1 aliphatic rings. The number of carbonyl (C=O) groups is 1. The second kappa shape index (κ2) is 6.02. The zero-order valence-electron chi connectivity index (χ0n) is 14.8. The summed E-state index contributed by atoms with van der Waals surface area (Å²) in [5, 5.41) is 0.678. The number of Topliss-reactive ketones (excluding diaryl/α,β-unsaturated/α-hetero) is 1. The van der Waals surface area contributed by atoms with E-state index in [0.29, 0.717) is 22.3 Å². The lowest BCUT2D eigenvalue weighted by atomic mass is 9.91. The SMILES string of the molecule is COc1ccc(C2CC(=O)c3c(C)cc4oc(=O)cc(C)c4c3O2)cc1. The molecule has 3 aromatic rings. The van der Waals surface area contributed by atoms with Crippen LogP contribution in [0.4, 0.5) is 0 Å². The highest BCUT2D eigenvalue weighted by Gasteiger charge is 2.31. The molecule has 1 atom stereocenters. The van der Waals surface area contributed by atoms with Gasteiger partial charge in [-0.15, -0.1) is 0 Å². The van der Waals surface area contributed by atoms with Gasteiger partial charge < -0.3 is 13.9 Å². The molecule has 0 fully saturated rings. The third-order valence-electron chi connectivity index (χ3n) is 4.78. The molecule has 5 nitrogen and oxygen atoms in total. The Morgan fingerprint density at radius 2 is 1.77 bits per heavy atom. The summed E-state index contributed by atoms with van der Waals surface area (Å²) in [5.41, 5.74) is 2.97. The Balaban J connectivity index is 1.88. The summed E-state index contributed by atoms with van der Waals surface area (Å²) < 4.78 is 16.8. The maximum absolute atomic E-state index is 12.8. The first kappa shape index (κ1) is 16.4. The van der Waals surface area contributed by atoms with Crippen LogP contribution in [0, 0.1) is 13.8 Å². The van der Waals surface area contributed by atoms with Gasteiger partial charge in [-0.1, -0.05) is 12.1 Å². The highest BCUT2D eigenvalue weighted by molar-refractivity contribution is 6.07. The summed E-state index contributed by atoms with van der Waals surface area (Å²) in [7, 11) is 1.61. The van der Waals surface area contributed by atoms with E-state index in [-0.39, 0.29) is 12.2 Å². The maximum Gasteiger partial charge on any atom is 0.336 e. The summed E-state index contributed by atoms with van der Waals surface area (Å²) in [4.78, 5) is 24.5. The molecule has 26 heavy (non-hydrogen) atoms. The molecule has 0 N–H and O–H groups in total. The summed E-state index contributed by atoms with van der Waals surface area (Å²) in [6.45, 7) is 3.65. The van der Waals surface area contributed by atoms with Gasteiger partial charge in [-0.05, 0) is 48.7 Å². The fourth-order valence-corrected chi connectivity index (χ4v) is 3.52. The van der Waals surface area contributed by atoms with Crippen molar-refractivity contribution in [2.24, 2.45) is 0 Å². The normalized spacial score (nSPS) is 16.3. The first-order chi connectivity index (χ1) is 12.5. The molecule has 0 amide bonds. The molecule has 0 aliphatic carbocycles. The van der Waals surface area contributed by atoms with E-state index in [4.69, 9.17) is 13.9 Å². The summed E-state index contributed by atoms with van der Waals surface area (Å²) >= 11 is 0. The Labute approximate surface area is 150 Å². The van der Waals surface area contributed by atoms with Crippen LogP contribution in [0.15, 0.2) is 45.6 Å². The number of rotatable bonds is 2. The number of hydrogen-bond donors (Lipinski definition) is 0. The average Bonchev–Trinajstić information content (AvgIpc) is 2.60. The van der Waals surface area contributed by atoms with Crippen molar-refractivity contribution in [2.45, 2.75) is 26.4 Å². The van der Waals surface area contributed by atoms with Crippen LogP contribution in [-0.4, -0.2) is 12.9 Å². The van der Waals surface area contributed by atoms with Gasteiger partial charge >= 0.3 is 5.63 Å². The van der Waals surface area contributed by atoms with Gasteiger partial charge in [0.1, 0.15) is 23.2 Å². The third kappa shape index (κ3) is 2.56. The maximum atomic E-state index is 12.8. The number of aryl methyl sites for hydroxylation is 2. The van der Waals surface area contributed by atoms with Gasteiger partial charge in [-0.3, -0.25) is 4.79 Å². The van der Waals surface area contributed by atoms with Gasteiger partial charge in [-0.25, -0.2) is 4.79 Å². The van der Waals surface area contributed by atoms with Crippen LogP contribution >= 0.6 is 0 Å². The topological polar surface area (TPSA) is 65.7 Å². The quantitative estimate of drug-likeness (QED) is 0.650. The Morgan fingerprint density at radius 1 is 1.04 bits per heavy atom. The van der Waals surface area contributed by atoms with Gasteiger partial charge in [0.2, 0.25) is 0 Å². The lowest BCUT2D eigenvalue weighted by Gasteiger charge is -2.28. The molecule has 0 saturated heterocycles. The second-order valence-electron chi connectivity index (χ2n) is 6.53. The van der Waals surface area contributed by atoms with Crippen molar-refractivity contribution in [3.05, 3.63) is 69.1 Å². The Morgan fingerprint density at radius 3 is 2.46 bits per heavy atom. The van der Waals surface area contributed by atoms with Gasteiger partial charge in [-0.2, -0.15) is 0 Å². The standard InChI is InChI=1S/C21H18O5/c1-11-8-17-20(12(2)9-18(23)25-17)21-19(11)15(22)10-16(26-21)13-4-6-14(24-3)7-5-13/h4-9,16H,10H2,1-3H3. The minimum atomic E-state index is -0.414. The monoisotopic (exact) mass is 350 g/mol. The second-order valence-corrected chi connectivity index (χ2v) is 6.53. The van der Waals surface area contributed by atoms with Crippen molar-refractivity contribution in [2.75, 3.05) is 7.11 Å². The van der Waals surface area contributed by atoms with E-state index in [9.17, 15) is 9.59 Å². The molecule has 0 bridgehead atoms. The van der Waals surface area contributed by atoms with Gasteiger partial charge in [0.05, 0.1) is 24.5 Å². The number of carbonyl (C=O) groups excluding carboxylic acids is 1. The van der Waals surface area contributed by atoms with Crippen LogP contribution in [0.1, 0.15) is 39.6 Å². The fourth-order valence-electron chi connectivity index (χ4n) is 3.52. The Hall–Kier alpha value is -3.08. The predicted molar refractivity (Wildman–Crippen MR) is 97.3 cm³/mol. The third-order valence-corrected chi connectivity index (χ3v) is 4.78.